The SMILES string of the molecule is CC(C)(C)P(CC1=C(C(P)(C2CCCN2)C2CCCN2)C=C(c2ccccc2)C1c1ccccc1)C(C)(C)C. The van der Waals surface area contributed by atoms with E-state index in [-0.39, 0.29) is 23.4 Å². The van der Waals surface area contributed by atoms with Crippen LogP contribution in [-0.4, -0.2) is 46.8 Å². The maximum Gasteiger partial charge on any atom is 0.0402 e. The fourth-order valence-electron chi connectivity index (χ4n) is 7.61. The minimum atomic E-state index is -0.298. The van der Waals surface area contributed by atoms with Crippen LogP contribution in [0.5, 0.6) is 0 Å². The third-order valence-corrected chi connectivity index (χ3v) is 14.2. The molecule has 4 unspecified atom stereocenters. The molecule has 3 aliphatic rings. The Bertz CT molecular complexity index is 1140. The minimum Gasteiger partial charge on any atom is -0.313 e. The lowest BCUT2D eigenvalue weighted by molar-refractivity contribution is 0.390. The molecule has 2 N–H and O–H groups in total. The number of benzene rings is 2. The summed E-state index contributed by atoms with van der Waals surface area (Å²) in [5.74, 6) is 0.293. The van der Waals surface area contributed by atoms with Gasteiger partial charge in [0.2, 0.25) is 0 Å². The van der Waals surface area contributed by atoms with E-state index in [2.05, 4.69) is 128 Å². The second-order valence-electron chi connectivity index (χ2n) is 13.9. The lowest BCUT2D eigenvalue weighted by Crippen LogP contribution is -2.55. The van der Waals surface area contributed by atoms with Crippen LogP contribution in [0, 0.1) is 0 Å². The van der Waals surface area contributed by atoms with Crippen LogP contribution >= 0.6 is 17.2 Å². The van der Waals surface area contributed by atoms with Gasteiger partial charge in [-0.05, 0) is 83.1 Å². The molecule has 0 saturated carbocycles. The molecule has 0 amide bonds. The molecule has 0 aromatic heterocycles. The molecule has 2 fully saturated rings. The summed E-state index contributed by atoms with van der Waals surface area (Å²) in [6, 6.07) is 23.5. The van der Waals surface area contributed by atoms with Crippen molar-refractivity contribution in [2.24, 2.45) is 0 Å². The van der Waals surface area contributed by atoms with Gasteiger partial charge in [0.15, 0.2) is 0 Å². The summed E-state index contributed by atoms with van der Waals surface area (Å²) < 4.78 is 0. The van der Waals surface area contributed by atoms with E-state index in [0.717, 1.165) is 13.1 Å². The summed E-state index contributed by atoms with van der Waals surface area (Å²) in [4.78, 5) is 0. The first-order valence-corrected chi connectivity index (χ1v) is 17.2. The molecule has 39 heavy (non-hydrogen) atoms. The van der Waals surface area contributed by atoms with Gasteiger partial charge >= 0.3 is 0 Å². The summed E-state index contributed by atoms with van der Waals surface area (Å²) in [7, 11) is 3.19. The molecule has 210 valence electrons. The highest BCUT2D eigenvalue weighted by Gasteiger charge is 2.50. The van der Waals surface area contributed by atoms with Crippen LogP contribution in [0.4, 0.5) is 0 Å². The van der Waals surface area contributed by atoms with Crippen molar-refractivity contribution in [3.05, 3.63) is 89.0 Å². The maximum atomic E-state index is 3.98. The highest BCUT2D eigenvalue weighted by Crippen LogP contribution is 2.64. The van der Waals surface area contributed by atoms with Gasteiger partial charge in [-0.1, -0.05) is 116 Å². The lowest BCUT2D eigenvalue weighted by Gasteiger charge is -2.46. The van der Waals surface area contributed by atoms with Crippen molar-refractivity contribution in [2.45, 2.75) is 101 Å². The molecule has 4 heteroatoms. The predicted octanol–water partition coefficient (Wildman–Crippen LogP) is 8.36. The molecule has 2 heterocycles. The Kier molecular flexibility index (Phi) is 8.63. The molecule has 5 rings (SSSR count). The Labute approximate surface area is 241 Å². The van der Waals surface area contributed by atoms with Gasteiger partial charge in [-0.2, -0.15) is 0 Å². The average molecular weight is 561 g/mol. The average Bonchev–Trinajstić information content (AvgIpc) is 3.68. The van der Waals surface area contributed by atoms with Crippen molar-refractivity contribution < 1.29 is 0 Å². The molecule has 0 radical (unpaired) electrons. The normalized spacial score (nSPS) is 25.8. The fraction of sp³-hybridized carbons (Fsp3) is 0.543. The smallest absolute Gasteiger partial charge is 0.0402 e. The molecule has 2 nitrogen and oxygen atoms in total. The van der Waals surface area contributed by atoms with E-state index in [9.17, 15) is 0 Å². The summed E-state index contributed by atoms with van der Waals surface area (Å²) in [6.07, 6.45) is 8.86. The molecular formula is C35H50N2P2. The maximum absolute atomic E-state index is 3.98. The van der Waals surface area contributed by atoms with E-state index in [0.29, 0.717) is 18.0 Å². The van der Waals surface area contributed by atoms with Crippen molar-refractivity contribution in [3.8, 4) is 0 Å². The van der Waals surface area contributed by atoms with Gasteiger partial charge in [0.05, 0.1) is 0 Å². The van der Waals surface area contributed by atoms with E-state index in [1.807, 2.05) is 0 Å². The fourth-order valence-corrected chi connectivity index (χ4v) is 12.1. The predicted molar refractivity (Wildman–Crippen MR) is 176 cm³/mol. The van der Waals surface area contributed by atoms with Gasteiger partial charge in [-0.3, -0.25) is 0 Å². The Morgan fingerprint density at radius 1 is 0.769 bits per heavy atom. The topological polar surface area (TPSA) is 24.1 Å². The highest BCUT2D eigenvalue weighted by atomic mass is 31.1. The van der Waals surface area contributed by atoms with Gasteiger partial charge in [0.25, 0.3) is 0 Å². The van der Waals surface area contributed by atoms with Gasteiger partial charge in [-0.15, -0.1) is 9.24 Å². The molecule has 2 aromatic carbocycles. The van der Waals surface area contributed by atoms with Crippen LogP contribution in [0.15, 0.2) is 77.9 Å². The van der Waals surface area contributed by atoms with Crippen molar-refractivity contribution in [2.75, 3.05) is 19.3 Å². The van der Waals surface area contributed by atoms with Gasteiger partial charge in [-0.25, -0.2) is 0 Å². The molecule has 2 saturated heterocycles. The molecular weight excluding hydrogens is 510 g/mol. The summed E-state index contributed by atoms with van der Waals surface area (Å²) in [6.45, 7) is 17.1. The molecule has 1 aliphatic carbocycles. The number of allylic oxidation sites excluding steroid dienone is 3. The zero-order chi connectivity index (χ0) is 27.8. The van der Waals surface area contributed by atoms with E-state index < -0.39 is 0 Å². The van der Waals surface area contributed by atoms with Crippen LogP contribution in [0.2, 0.25) is 0 Å². The first kappa shape index (κ1) is 29.2. The Morgan fingerprint density at radius 2 is 1.28 bits per heavy atom. The summed E-state index contributed by atoms with van der Waals surface area (Å²) >= 11 is 0. The van der Waals surface area contributed by atoms with Gasteiger partial charge < -0.3 is 10.6 Å². The second kappa shape index (κ2) is 11.5. The standard InChI is InChI=1S/C35H50N2P2/c1-33(2,3)39(34(4,5)6)24-28-29(35(38,30-19-13-21-36-30)31-20-14-22-37-31)23-27(25-15-9-7-10-16-25)32(28)26-17-11-8-12-18-26/h7-12,15-18,23,30-32,36-37H,13-14,19-22,24,38H2,1-6H3. The molecule has 2 aromatic rings. The number of hydrogen-bond acceptors (Lipinski definition) is 2. The molecule has 0 bridgehead atoms. The van der Waals surface area contributed by atoms with Crippen molar-refractivity contribution in [1.29, 1.82) is 0 Å². The summed E-state index contributed by atoms with van der Waals surface area (Å²) in [5, 5.41) is 8.46. The van der Waals surface area contributed by atoms with Crippen LogP contribution in [-0.2, 0) is 0 Å². The van der Waals surface area contributed by atoms with Crippen LogP contribution in [0.3, 0.4) is 0 Å². The number of nitrogens with one attached hydrogen (secondary N) is 2. The third-order valence-electron chi connectivity index (χ3n) is 9.23. The molecule has 2 aliphatic heterocycles. The van der Waals surface area contributed by atoms with Crippen LogP contribution in [0.25, 0.3) is 5.57 Å². The number of hydrogen-bond donors (Lipinski definition) is 2. The Hall–Kier alpha value is -1.30. The first-order valence-electron chi connectivity index (χ1n) is 15.1. The Morgan fingerprint density at radius 3 is 1.74 bits per heavy atom. The van der Waals surface area contributed by atoms with E-state index in [1.165, 1.54) is 48.5 Å². The van der Waals surface area contributed by atoms with Crippen LogP contribution in [0.1, 0.15) is 84.3 Å². The van der Waals surface area contributed by atoms with Crippen molar-refractivity contribution in [1.82, 2.24) is 10.6 Å². The zero-order valence-electron chi connectivity index (χ0n) is 25.1. The van der Waals surface area contributed by atoms with Gasteiger partial charge in [0, 0.05) is 23.2 Å². The number of rotatable bonds is 7. The highest BCUT2D eigenvalue weighted by molar-refractivity contribution is 7.61. The quantitative estimate of drug-likeness (QED) is 0.333. The largest absolute Gasteiger partial charge is 0.313 e. The van der Waals surface area contributed by atoms with Gasteiger partial charge in [0.1, 0.15) is 0 Å². The van der Waals surface area contributed by atoms with E-state index in [4.69, 9.17) is 0 Å². The monoisotopic (exact) mass is 560 g/mol. The molecule has 0 spiro atoms. The first-order chi connectivity index (χ1) is 18.5. The zero-order valence-corrected chi connectivity index (χ0v) is 27.1. The van der Waals surface area contributed by atoms with Crippen LogP contribution < -0.4 is 10.6 Å². The lowest BCUT2D eigenvalue weighted by atomic mass is 9.79. The van der Waals surface area contributed by atoms with E-state index >= 15 is 0 Å². The Balaban J connectivity index is 1.76. The summed E-state index contributed by atoms with van der Waals surface area (Å²) in [5.41, 5.74) is 7.54. The molecule has 4 atom stereocenters. The third kappa shape index (κ3) is 5.88. The van der Waals surface area contributed by atoms with Crippen molar-refractivity contribution >= 4 is 22.7 Å². The van der Waals surface area contributed by atoms with Crippen molar-refractivity contribution in [3.63, 3.8) is 0 Å². The second-order valence-corrected chi connectivity index (χ2v) is 18.7. The minimum absolute atomic E-state index is 0.0251. The van der Waals surface area contributed by atoms with E-state index in [1.54, 1.807) is 11.1 Å².